The number of likely N-dealkylation sites (tertiary alicyclic amines) is 1. The van der Waals surface area contributed by atoms with Crippen molar-refractivity contribution < 1.29 is 23.6 Å². The maximum absolute atomic E-state index is 13.3. The van der Waals surface area contributed by atoms with Crippen LogP contribution in [-0.4, -0.2) is 45.1 Å². The van der Waals surface area contributed by atoms with Crippen molar-refractivity contribution in [1.82, 2.24) is 15.0 Å². The minimum absolute atomic E-state index is 0.0712. The van der Waals surface area contributed by atoms with Crippen molar-refractivity contribution in [2.75, 3.05) is 13.1 Å². The number of amides is 1. The van der Waals surface area contributed by atoms with Crippen LogP contribution < -0.4 is 0 Å². The Balaban J connectivity index is 1.67. The molecule has 1 fully saturated rings. The molecule has 132 valence electrons. The molecule has 0 bridgehead atoms. The van der Waals surface area contributed by atoms with Crippen LogP contribution in [0.4, 0.5) is 4.39 Å². The van der Waals surface area contributed by atoms with Gasteiger partial charge in [0.1, 0.15) is 5.82 Å². The minimum atomic E-state index is -0.832. The van der Waals surface area contributed by atoms with Gasteiger partial charge in [0.25, 0.3) is 17.6 Å². The Morgan fingerprint density at radius 1 is 1.40 bits per heavy atom. The van der Waals surface area contributed by atoms with Crippen LogP contribution in [0.2, 0.25) is 0 Å². The number of aromatic nitrogens is 2. The van der Waals surface area contributed by atoms with Crippen LogP contribution in [0.1, 0.15) is 36.3 Å². The monoisotopic (exact) mass is 347 g/mol. The zero-order valence-corrected chi connectivity index (χ0v) is 13.5. The molecule has 2 aromatic rings. The average molecular weight is 347 g/mol. The fourth-order valence-electron chi connectivity index (χ4n) is 3.00. The lowest BCUT2D eigenvalue weighted by atomic mass is 9.93. The molecule has 1 aromatic carbocycles. The molecule has 0 radical (unpaired) electrons. The second-order valence-corrected chi connectivity index (χ2v) is 6.13. The van der Waals surface area contributed by atoms with Crippen molar-refractivity contribution in [3.05, 3.63) is 35.9 Å². The number of hydrogen-bond acceptors (Lipinski definition) is 5. The number of carboxylic acid groups (broad SMARTS) is 1. The van der Waals surface area contributed by atoms with Gasteiger partial charge in [0.15, 0.2) is 0 Å². The van der Waals surface area contributed by atoms with Crippen LogP contribution >= 0.6 is 0 Å². The summed E-state index contributed by atoms with van der Waals surface area (Å²) in [5.74, 6) is -1.45. The van der Waals surface area contributed by atoms with E-state index in [-0.39, 0.29) is 30.0 Å². The van der Waals surface area contributed by atoms with Gasteiger partial charge in [0.05, 0.1) is 0 Å². The predicted octanol–water partition coefficient (Wildman–Crippen LogP) is 2.59. The molecule has 7 nitrogen and oxygen atoms in total. The summed E-state index contributed by atoms with van der Waals surface area (Å²) in [5, 5.41) is 12.5. The number of aliphatic carboxylic acids is 1. The normalized spacial score (nSPS) is 17.5. The molecular formula is C17H18FN3O4. The van der Waals surface area contributed by atoms with E-state index in [1.165, 1.54) is 18.2 Å². The minimum Gasteiger partial charge on any atom is -0.481 e. The Labute approximate surface area is 143 Å². The topological polar surface area (TPSA) is 96.5 Å². The quantitative estimate of drug-likeness (QED) is 0.893. The van der Waals surface area contributed by atoms with Gasteiger partial charge >= 0.3 is 5.97 Å². The van der Waals surface area contributed by atoms with Crippen molar-refractivity contribution in [3.8, 4) is 11.5 Å². The van der Waals surface area contributed by atoms with Crippen LogP contribution in [-0.2, 0) is 4.79 Å². The largest absolute Gasteiger partial charge is 0.481 e. The van der Waals surface area contributed by atoms with Crippen molar-refractivity contribution >= 4 is 11.9 Å². The lowest BCUT2D eigenvalue weighted by molar-refractivity contribution is -0.137. The summed E-state index contributed by atoms with van der Waals surface area (Å²) < 4.78 is 18.3. The maximum Gasteiger partial charge on any atom is 0.303 e. The summed E-state index contributed by atoms with van der Waals surface area (Å²) in [4.78, 5) is 28.9. The highest BCUT2D eigenvalue weighted by Crippen LogP contribution is 2.23. The molecule has 1 amide bonds. The van der Waals surface area contributed by atoms with Crippen LogP contribution in [0.15, 0.2) is 28.8 Å². The number of rotatable bonds is 5. The summed E-state index contributed by atoms with van der Waals surface area (Å²) in [6, 6.07) is 5.70. The molecule has 1 aliphatic rings. The second-order valence-electron chi connectivity index (χ2n) is 6.13. The van der Waals surface area contributed by atoms with E-state index in [4.69, 9.17) is 9.63 Å². The summed E-state index contributed by atoms with van der Waals surface area (Å²) in [5.41, 5.74) is 0.407. The van der Waals surface area contributed by atoms with E-state index >= 15 is 0 Å². The van der Waals surface area contributed by atoms with E-state index < -0.39 is 11.8 Å². The lowest BCUT2D eigenvalue weighted by Crippen LogP contribution is -2.40. The molecule has 1 N–H and O–H groups in total. The van der Waals surface area contributed by atoms with E-state index in [1.807, 2.05) is 0 Å². The number of carbonyl (C=O) groups excluding carboxylic acids is 1. The van der Waals surface area contributed by atoms with Gasteiger partial charge in [-0.2, -0.15) is 4.98 Å². The number of nitrogens with zero attached hydrogens (tertiary/aromatic N) is 3. The molecule has 0 spiro atoms. The summed E-state index contributed by atoms with van der Waals surface area (Å²) in [6.07, 6.45) is 2.35. The zero-order chi connectivity index (χ0) is 17.8. The molecule has 1 unspecified atom stereocenters. The van der Waals surface area contributed by atoms with Crippen molar-refractivity contribution in [3.63, 3.8) is 0 Å². The van der Waals surface area contributed by atoms with Gasteiger partial charge in [-0.15, -0.1) is 0 Å². The van der Waals surface area contributed by atoms with Crippen LogP contribution in [0, 0.1) is 11.7 Å². The molecule has 1 aliphatic heterocycles. The van der Waals surface area contributed by atoms with Crippen molar-refractivity contribution in [2.45, 2.75) is 25.7 Å². The Morgan fingerprint density at radius 2 is 2.24 bits per heavy atom. The fraction of sp³-hybridized carbons (Fsp3) is 0.412. The Kier molecular flexibility index (Phi) is 5.06. The standard InChI is InChI=1S/C17H18FN3O4/c18-13-5-1-4-12(9-13)16-19-15(20-25-16)17(24)21-8-2-3-11(10-21)6-7-14(22)23/h1,4-5,9,11H,2-3,6-8,10H2,(H,22,23). The molecule has 25 heavy (non-hydrogen) atoms. The second kappa shape index (κ2) is 7.42. The fourth-order valence-corrected chi connectivity index (χ4v) is 3.00. The van der Waals surface area contributed by atoms with E-state index in [1.54, 1.807) is 11.0 Å². The van der Waals surface area contributed by atoms with Gasteiger partial charge in [0.2, 0.25) is 0 Å². The van der Waals surface area contributed by atoms with Crippen LogP contribution in [0.5, 0.6) is 0 Å². The molecule has 8 heteroatoms. The van der Waals surface area contributed by atoms with Crippen LogP contribution in [0.25, 0.3) is 11.5 Å². The lowest BCUT2D eigenvalue weighted by Gasteiger charge is -2.31. The number of benzene rings is 1. The van der Waals surface area contributed by atoms with E-state index in [0.29, 0.717) is 25.1 Å². The Bertz CT molecular complexity index is 777. The molecule has 1 atom stereocenters. The number of carboxylic acids is 1. The van der Waals surface area contributed by atoms with Gasteiger partial charge in [-0.05, 0) is 43.4 Å². The van der Waals surface area contributed by atoms with Gasteiger partial charge in [-0.3, -0.25) is 9.59 Å². The first-order valence-electron chi connectivity index (χ1n) is 8.13. The van der Waals surface area contributed by atoms with E-state index in [9.17, 15) is 14.0 Å². The third kappa shape index (κ3) is 4.20. The highest BCUT2D eigenvalue weighted by molar-refractivity contribution is 5.90. The first kappa shape index (κ1) is 17.1. The third-order valence-corrected chi connectivity index (χ3v) is 4.26. The molecule has 2 heterocycles. The Hall–Kier alpha value is -2.77. The SMILES string of the molecule is O=C(O)CCC1CCCN(C(=O)c2noc(-c3cccc(F)c3)n2)C1. The van der Waals surface area contributed by atoms with E-state index in [0.717, 1.165) is 12.8 Å². The first-order valence-corrected chi connectivity index (χ1v) is 8.13. The molecule has 0 aliphatic carbocycles. The average Bonchev–Trinajstić information content (AvgIpc) is 3.10. The summed E-state index contributed by atoms with van der Waals surface area (Å²) >= 11 is 0. The number of piperidine rings is 1. The smallest absolute Gasteiger partial charge is 0.303 e. The van der Waals surface area contributed by atoms with Gasteiger partial charge in [0, 0.05) is 25.1 Å². The molecule has 3 rings (SSSR count). The molecule has 1 saturated heterocycles. The molecule has 1 aromatic heterocycles. The number of hydrogen-bond donors (Lipinski definition) is 1. The van der Waals surface area contributed by atoms with Gasteiger partial charge < -0.3 is 14.5 Å². The third-order valence-electron chi connectivity index (χ3n) is 4.26. The molecule has 0 saturated carbocycles. The van der Waals surface area contributed by atoms with Crippen molar-refractivity contribution in [1.29, 1.82) is 0 Å². The zero-order valence-electron chi connectivity index (χ0n) is 13.5. The maximum atomic E-state index is 13.3. The number of halogens is 1. The summed E-state index contributed by atoms with van der Waals surface area (Å²) in [6.45, 7) is 1.06. The van der Waals surface area contributed by atoms with E-state index in [2.05, 4.69) is 10.1 Å². The van der Waals surface area contributed by atoms with Gasteiger partial charge in [-0.25, -0.2) is 4.39 Å². The first-order chi connectivity index (χ1) is 12.0. The highest BCUT2D eigenvalue weighted by atomic mass is 19.1. The Morgan fingerprint density at radius 3 is 3.00 bits per heavy atom. The summed E-state index contributed by atoms with van der Waals surface area (Å²) in [7, 11) is 0. The molecular weight excluding hydrogens is 329 g/mol. The number of carbonyl (C=O) groups is 2. The predicted molar refractivity (Wildman–Crippen MR) is 85.2 cm³/mol. The van der Waals surface area contributed by atoms with Crippen LogP contribution in [0.3, 0.4) is 0 Å². The highest BCUT2D eigenvalue weighted by Gasteiger charge is 2.28. The van der Waals surface area contributed by atoms with Gasteiger partial charge in [-0.1, -0.05) is 11.2 Å². The van der Waals surface area contributed by atoms with Crippen molar-refractivity contribution in [2.24, 2.45) is 5.92 Å².